The summed E-state index contributed by atoms with van der Waals surface area (Å²) in [6.07, 6.45) is 0. The maximum Gasteiger partial charge on any atom is 0.144 e. The van der Waals surface area contributed by atoms with Crippen LogP contribution in [-0.2, 0) is 23.1 Å². The highest BCUT2D eigenvalue weighted by Crippen LogP contribution is 2.19. The van der Waals surface area contributed by atoms with Crippen LogP contribution in [0.5, 0.6) is 5.75 Å². The summed E-state index contributed by atoms with van der Waals surface area (Å²) in [5.74, 6) is 0.529. The lowest BCUT2D eigenvalue weighted by molar-refractivity contribution is 0.303. The molecule has 2 aromatic rings. The maximum absolute atomic E-state index is 10.8. The topological polar surface area (TPSA) is 43.4 Å². The number of hydrogen-bond donors (Lipinski definition) is 1. The molecule has 0 atom stereocenters. The Morgan fingerprint density at radius 1 is 1.06 bits per heavy atom. The molecule has 0 unspecified atom stereocenters. The van der Waals surface area contributed by atoms with Crippen LogP contribution in [0, 0.1) is 6.07 Å². The molecule has 1 radical (unpaired) electrons. The molecule has 18 heavy (non-hydrogen) atoms. The zero-order valence-electron chi connectivity index (χ0n) is 9.70. The second kappa shape index (κ2) is 6.21. The smallest absolute Gasteiger partial charge is 0.144 e. The number of rotatable bonds is 5. The van der Waals surface area contributed by atoms with Crippen molar-refractivity contribution >= 4 is 10.7 Å². The molecule has 0 heterocycles. The van der Waals surface area contributed by atoms with Gasteiger partial charge in [0.15, 0.2) is 0 Å². The summed E-state index contributed by atoms with van der Waals surface area (Å²) in [5, 5.41) is 0. The third kappa shape index (κ3) is 3.60. The molecule has 0 amide bonds. The Labute approximate surface area is 108 Å². The van der Waals surface area contributed by atoms with E-state index in [1.165, 1.54) is 0 Å². The number of ether oxygens (including phenoxy) is 1. The largest absolute Gasteiger partial charge is 0.489 e. The van der Waals surface area contributed by atoms with E-state index in [-0.39, 0.29) is 5.75 Å². The van der Waals surface area contributed by atoms with Gasteiger partial charge in [-0.3, -0.25) is 0 Å². The summed E-state index contributed by atoms with van der Waals surface area (Å²) in [6.45, 7) is 0.418. The van der Waals surface area contributed by atoms with Gasteiger partial charge in [-0.25, -0.2) is 8.42 Å². The van der Waals surface area contributed by atoms with Crippen LogP contribution in [0.3, 0.4) is 0 Å². The monoisotopic (exact) mass is 261 g/mol. The van der Waals surface area contributed by atoms with Crippen LogP contribution < -0.4 is 4.74 Å². The van der Waals surface area contributed by atoms with E-state index >= 15 is 0 Å². The lowest BCUT2D eigenvalue weighted by Crippen LogP contribution is -1.99. The SMILES string of the molecule is O=[SH](=O)Cc1[c]cccc1OCc1ccccc1. The van der Waals surface area contributed by atoms with Crippen molar-refractivity contribution in [3.8, 4) is 5.75 Å². The molecule has 0 saturated heterocycles. The highest BCUT2D eigenvalue weighted by molar-refractivity contribution is 7.71. The molecule has 0 aromatic heterocycles. The molecule has 93 valence electrons. The Balaban J connectivity index is 2.09. The molecule has 0 saturated carbocycles. The Morgan fingerprint density at radius 2 is 1.83 bits per heavy atom. The van der Waals surface area contributed by atoms with Crippen molar-refractivity contribution in [1.82, 2.24) is 0 Å². The Hall–Kier alpha value is -1.81. The van der Waals surface area contributed by atoms with Gasteiger partial charge < -0.3 is 4.74 Å². The van der Waals surface area contributed by atoms with Gasteiger partial charge in [0.1, 0.15) is 23.1 Å². The van der Waals surface area contributed by atoms with E-state index in [1.807, 2.05) is 30.3 Å². The molecule has 0 N–H and O–H groups in total. The van der Waals surface area contributed by atoms with Crippen LogP contribution in [0.25, 0.3) is 0 Å². The van der Waals surface area contributed by atoms with Gasteiger partial charge in [0.2, 0.25) is 0 Å². The summed E-state index contributed by atoms with van der Waals surface area (Å²) in [7, 11) is -2.47. The predicted octanol–water partition coefficient (Wildman–Crippen LogP) is 2.18. The standard InChI is InChI=1S/C14H13O3S/c15-18(16)11-13-8-4-5-9-14(13)17-10-12-6-2-1-3-7-12/h1-7,9,18H,10-11H2. The highest BCUT2D eigenvalue weighted by Gasteiger charge is 2.04. The molecule has 0 spiro atoms. The second-order valence-electron chi connectivity index (χ2n) is 3.78. The lowest BCUT2D eigenvalue weighted by Gasteiger charge is -2.09. The van der Waals surface area contributed by atoms with Gasteiger partial charge >= 0.3 is 0 Å². The first-order chi connectivity index (χ1) is 8.75. The zero-order chi connectivity index (χ0) is 12.8. The molecule has 0 aliphatic carbocycles. The molecule has 4 heteroatoms. The van der Waals surface area contributed by atoms with Gasteiger partial charge in [0, 0.05) is 5.56 Å². The van der Waals surface area contributed by atoms with Crippen LogP contribution >= 0.6 is 0 Å². The minimum absolute atomic E-state index is 0.0414. The van der Waals surface area contributed by atoms with Crippen LogP contribution in [0.4, 0.5) is 0 Å². The molecule has 0 aliphatic heterocycles. The van der Waals surface area contributed by atoms with E-state index in [0.29, 0.717) is 17.9 Å². The maximum atomic E-state index is 10.8. The minimum Gasteiger partial charge on any atom is -0.489 e. The van der Waals surface area contributed by atoms with E-state index in [4.69, 9.17) is 4.74 Å². The number of hydrogen-bond acceptors (Lipinski definition) is 3. The van der Waals surface area contributed by atoms with Crippen molar-refractivity contribution in [3.05, 3.63) is 65.7 Å². The lowest BCUT2D eigenvalue weighted by atomic mass is 10.2. The normalized spacial score (nSPS) is 10.5. The molecule has 3 nitrogen and oxygen atoms in total. The summed E-state index contributed by atoms with van der Waals surface area (Å²) >= 11 is 0. The fraction of sp³-hybridized carbons (Fsp3) is 0.143. The van der Waals surface area contributed by atoms with Crippen molar-refractivity contribution in [1.29, 1.82) is 0 Å². The summed E-state index contributed by atoms with van der Waals surface area (Å²) in [6, 6.07) is 17.8. The Kier molecular flexibility index (Phi) is 4.36. The van der Waals surface area contributed by atoms with Crippen molar-refractivity contribution in [2.75, 3.05) is 0 Å². The zero-order valence-corrected chi connectivity index (χ0v) is 10.6. The molecule has 0 bridgehead atoms. The van der Waals surface area contributed by atoms with Crippen molar-refractivity contribution in [3.63, 3.8) is 0 Å². The summed E-state index contributed by atoms with van der Waals surface area (Å²) in [4.78, 5) is 0. The highest BCUT2D eigenvalue weighted by atomic mass is 32.2. The van der Waals surface area contributed by atoms with Gasteiger partial charge in [-0.1, -0.05) is 42.5 Å². The van der Waals surface area contributed by atoms with Crippen molar-refractivity contribution in [2.24, 2.45) is 0 Å². The van der Waals surface area contributed by atoms with Crippen molar-refractivity contribution < 1.29 is 13.2 Å². The molecular weight excluding hydrogens is 248 g/mol. The van der Waals surface area contributed by atoms with Crippen molar-refractivity contribution in [2.45, 2.75) is 12.4 Å². The van der Waals surface area contributed by atoms with Crippen LogP contribution in [0.15, 0.2) is 48.5 Å². The summed E-state index contributed by atoms with van der Waals surface area (Å²) < 4.78 is 27.1. The molecule has 0 aliphatic rings. The first kappa shape index (κ1) is 12.6. The second-order valence-corrected chi connectivity index (χ2v) is 4.76. The number of thiol groups is 1. The van der Waals surface area contributed by atoms with Crippen LogP contribution in [-0.4, -0.2) is 8.42 Å². The van der Waals surface area contributed by atoms with E-state index in [9.17, 15) is 8.42 Å². The van der Waals surface area contributed by atoms with Gasteiger partial charge in [-0.05, 0) is 17.7 Å². The van der Waals surface area contributed by atoms with Gasteiger partial charge in [0.25, 0.3) is 0 Å². The third-order valence-corrected chi connectivity index (χ3v) is 3.00. The van der Waals surface area contributed by atoms with E-state index in [1.54, 1.807) is 18.2 Å². The van der Waals surface area contributed by atoms with Gasteiger partial charge in [-0.15, -0.1) is 0 Å². The quantitative estimate of drug-likeness (QED) is 0.839. The molecule has 2 rings (SSSR count). The Bertz CT molecular complexity index is 569. The predicted molar refractivity (Wildman–Crippen MR) is 70.1 cm³/mol. The number of benzene rings is 2. The fourth-order valence-corrected chi connectivity index (χ4v) is 2.08. The summed E-state index contributed by atoms with van der Waals surface area (Å²) in [5.41, 5.74) is 1.61. The average molecular weight is 261 g/mol. The Morgan fingerprint density at radius 3 is 2.56 bits per heavy atom. The van der Waals surface area contributed by atoms with E-state index < -0.39 is 10.7 Å². The first-order valence-electron chi connectivity index (χ1n) is 5.54. The molecular formula is C14H13O3S. The fourth-order valence-electron chi connectivity index (χ4n) is 1.58. The van der Waals surface area contributed by atoms with Crippen LogP contribution in [0.2, 0.25) is 0 Å². The molecule has 2 aromatic carbocycles. The average Bonchev–Trinajstić information content (AvgIpc) is 2.38. The van der Waals surface area contributed by atoms with Gasteiger partial charge in [-0.2, -0.15) is 0 Å². The third-order valence-electron chi connectivity index (χ3n) is 2.42. The van der Waals surface area contributed by atoms with Crippen LogP contribution in [0.1, 0.15) is 11.1 Å². The minimum atomic E-state index is -2.47. The first-order valence-corrected chi connectivity index (χ1v) is 6.90. The van der Waals surface area contributed by atoms with E-state index in [0.717, 1.165) is 5.56 Å². The van der Waals surface area contributed by atoms with E-state index in [2.05, 4.69) is 6.07 Å². The molecule has 0 fully saturated rings. The van der Waals surface area contributed by atoms with Gasteiger partial charge in [0.05, 0.1) is 5.75 Å².